The standard InChI is InChI=1S/C18H19ClN4O4/c1-18(25,10-2-4-11(19)5-3-10)14-8-13(24)17(27-14)23-7-6-12-15(22-26)20-9-21-16(12)23/h2-7,9,13-14,17,24-26H,8H2,1H3,(H,20,21,22)/t13-,14?,17?,18-/m1/s1. The number of anilines is 1. The third-order valence-electron chi connectivity index (χ3n) is 5.03. The summed E-state index contributed by atoms with van der Waals surface area (Å²) >= 11 is 5.92. The first-order valence-electron chi connectivity index (χ1n) is 8.45. The Morgan fingerprint density at radius 1 is 1.26 bits per heavy atom. The molecule has 27 heavy (non-hydrogen) atoms. The van der Waals surface area contributed by atoms with Crippen molar-refractivity contribution in [3.8, 4) is 0 Å². The number of aromatic nitrogens is 3. The maximum absolute atomic E-state index is 11.0. The van der Waals surface area contributed by atoms with Gasteiger partial charge >= 0.3 is 0 Å². The first-order valence-corrected chi connectivity index (χ1v) is 8.83. The van der Waals surface area contributed by atoms with Crippen LogP contribution in [0.15, 0.2) is 42.9 Å². The topological polar surface area (TPSA) is 113 Å². The molecule has 1 aliphatic rings. The van der Waals surface area contributed by atoms with E-state index in [1.165, 1.54) is 6.33 Å². The van der Waals surface area contributed by atoms with E-state index < -0.39 is 24.0 Å². The fourth-order valence-electron chi connectivity index (χ4n) is 3.50. The fourth-order valence-corrected chi connectivity index (χ4v) is 3.63. The zero-order valence-electron chi connectivity index (χ0n) is 14.5. The van der Waals surface area contributed by atoms with Gasteiger partial charge in [-0.15, -0.1) is 0 Å². The molecule has 1 aliphatic heterocycles. The Bertz CT molecular complexity index is 960. The number of ether oxygens (including phenoxy) is 1. The number of nitrogens with one attached hydrogen (secondary N) is 1. The zero-order chi connectivity index (χ0) is 19.2. The summed E-state index contributed by atoms with van der Waals surface area (Å²) in [5.41, 5.74) is 1.86. The molecule has 0 saturated carbocycles. The predicted octanol–water partition coefficient (Wildman–Crippen LogP) is 2.44. The van der Waals surface area contributed by atoms with Crippen LogP contribution in [0, 0.1) is 0 Å². The van der Waals surface area contributed by atoms with Gasteiger partial charge in [0.05, 0.1) is 11.5 Å². The van der Waals surface area contributed by atoms with Gasteiger partial charge in [0.1, 0.15) is 23.7 Å². The van der Waals surface area contributed by atoms with Gasteiger partial charge in [0, 0.05) is 17.6 Å². The van der Waals surface area contributed by atoms with Crippen molar-refractivity contribution in [3.63, 3.8) is 0 Å². The second-order valence-corrected chi connectivity index (χ2v) is 7.20. The summed E-state index contributed by atoms with van der Waals surface area (Å²) < 4.78 is 7.70. The van der Waals surface area contributed by atoms with Crippen LogP contribution in [0.2, 0.25) is 5.02 Å². The summed E-state index contributed by atoms with van der Waals surface area (Å²) in [4.78, 5) is 8.16. The number of fused-ring (bicyclic) bond motifs is 1. The maximum Gasteiger partial charge on any atom is 0.162 e. The molecule has 0 aliphatic carbocycles. The third kappa shape index (κ3) is 3.05. The normalized spacial score (nSPS) is 24.9. The van der Waals surface area contributed by atoms with Crippen molar-refractivity contribution in [2.24, 2.45) is 0 Å². The van der Waals surface area contributed by atoms with Gasteiger partial charge in [-0.3, -0.25) is 10.7 Å². The van der Waals surface area contributed by atoms with Gasteiger partial charge in [-0.05, 0) is 30.7 Å². The van der Waals surface area contributed by atoms with Crippen LogP contribution in [-0.2, 0) is 10.3 Å². The predicted molar refractivity (Wildman–Crippen MR) is 98.5 cm³/mol. The molecule has 4 N–H and O–H groups in total. The minimum Gasteiger partial charge on any atom is -0.388 e. The summed E-state index contributed by atoms with van der Waals surface area (Å²) in [7, 11) is 0. The monoisotopic (exact) mass is 390 g/mol. The summed E-state index contributed by atoms with van der Waals surface area (Å²) in [6.07, 6.45) is 1.05. The van der Waals surface area contributed by atoms with E-state index in [4.69, 9.17) is 16.3 Å². The Morgan fingerprint density at radius 3 is 2.70 bits per heavy atom. The number of rotatable bonds is 4. The van der Waals surface area contributed by atoms with Crippen molar-refractivity contribution in [2.75, 3.05) is 5.48 Å². The maximum atomic E-state index is 11.0. The van der Waals surface area contributed by atoms with E-state index in [9.17, 15) is 15.4 Å². The lowest BCUT2D eigenvalue weighted by Gasteiger charge is -2.30. The van der Waals surface area contributed by atoms with E-state index >= 15 is 0 Å². The van der Waals surface area contributed by atoms with E-state index in [1.807, 2.05) is 5.48 Å². The molecule has 142 valence electrons. The summed E-state index contributed by atoms with van der Waals surface area (Å²) in [5, 5.41) is 32.0. The molecule has 0 radical (unpaired) electrons. The molecule has 0 bridgehead atoms. The van der Waals surface area contributed by atoms with Crippen molar-refractivity contribution < 1.29 is 20.2 Å². The largest absolute Gasteiger partial charge is 0.388 e. The fraction of sp³-hybridized carbons (Fsp3) is 0.333. The molecule has 8 nitrogen and oxygen atoms in total. The molecular formula is C18H19ClN4O4. The van der Waals surface area contributed by atoms with Crippen LogP contribution in [0.3, 0.4) is 0 Å². The molecule has 9 heteroatoms. The molecule has 3 heterocycles. The molecule has 2 aromatic heterocycles. The zero-order valence-corrected chi connectivity index (χ0v) is 15.2. The van der Waals surface area contributed by atoms with Crippen molar-refractivity contribution in [1.82, 2.24) is 14.5 Å². The molecule has 4 atom stereocenters. The van der Waals surface area contributed by atoms with E-state index in [2.05, 4.69) is 9.97 Å². The molecule has 0 amide bonds. The Morgan fingerprint density at radius 2 is 2.00 bits per heavy atom. The van der Waals surface area contributed by atoms with Crippen LogP contribution in [0.1, 0.15) is 25.1 Å². The first kappa shape index (κ1) is 18.1. The lowest BCUT2D eigenvalue weighted by molar-refractivity contribution is -0.119. The van der Waals surface area contributed by atoms with Crippen LogP contribution in [0.4, 0.5) is 5.82 Å². The highest BCUT2D eigenvalue weighted by Gasteiger charge is 2.45. The van der Waals surface area contributed by atoms with E-state index in [-0.39, 0.29) is 12.2 Å². The quantitative estimate of drug-likeness (QED) is 0.506. The van der Waals surface area contributed by atoms with Gasteiger partial charge in [0.25, 0.3) is 0 Å². The SMILES string of the molecule is C[C@@](O)(c1ccc(Cl)cc1)C1C[C@@H](O)C(n2ccc3c(NO)ncnc32)O1. The van der Waals surface area contributed by atoms with Gasteiger partial charge in [-0.2, -0.15) is 0 Å². The smallest absolute Gasteiger partial charge is 0.162 e. The highest BCUT2D eigenvalue weighted by atomic mass is 35.5. The summed E-state index contributed by atoms with van der Waals surface area (Å²) in [5.74, 6) is 0.260. The van der Waals surface area contributed by atoms with Crippen LogP contribution >= 0.6 is 11.6 Å². The highest BCUT2D eigenvalue weighted by Crippen LogP contribution is 2.40. The van der Waals surface area contributed by atoms with Crippen LogP contribution in [0.5, 0.6) is 0 Å². The average Bonchev–Trinajstić information content (AvgIpc) is 3.25. The van der Waals surface area contributed by atoms with Crippen LogP contribution < -0.4 is 5.48 Å². The number of benzene rings is 1. The lowest BCUT2D eigenvalue weighted by atomic mass is 9.88. The first-order chi connectivity index (χ1) is 12.9. The van der Waals surface area contributed by atoms with Crippen LogP contribution in [0.25, 0.3) is 11.0 Å². The van der Waals surface area contributed by atoms with Gasteiger partial charge in [-0.25, -0.2) is 9.97 Å². The molecule has 1 fully saturated rings. The number of halogens is 1. The van der Waals surface area contributed by atoms with Gasteiger partial charge in [0.15, 0.2) is 12.0 Å². The summed E-state index contributed by atoms with van der Waals surface area (Å²) in [6.45, 7) is 1.65. The number of hydrogen-bond donors (Lipinski definition) is 4. The van der Waals surface area contributed by atoms with Gasteiger partial charge < -0.3 is 19.5 Å². The Balaban J connectivity index is 1.65. The number of aliphatic hydroxyl groups excluding tert-OH is 1. The van der Waals surface area contributed by atoms with Crippen LogP contribution in [-0.4, -0.2) is 42.2 Å². The second kappa shape index (κ2) is 6.74. The third-order valence-corrected chi connectivity index (χ3v) is 5.29. The van der Waals surface area contributed by atoms with E-state index in [0.717, 1.165) is 0 Å². The van der Waals surface area contributed by atoms with Crippen molar-refractivity contribution in [3.05, 3.63) is 53.4 Å². The number of hydrogen-bond acceptors (Lipinski definition) is 7. The second-order valence-electron chi connectivity index (χ2n) is 6.77. The van der Waals surface area contributed by atoms with E-state index in [1.54, 1.807) is 48.0 Å². The van der Waals surface area contributed by atoms with Crippen molar-refractivity contribution >= 4 is 28.5 Å². The molecule has 3 aromatic rings. The summed E-state index contributed by atoms with van der Waals surface area (Å²) in [6, 6.07) is 8.60. The van der Waals surface area contributed by atoms with Gasteiger partial charge in [-0.1, -0.05) is 23.7 Å². The Hall–Kier alpha value is -2.23. The molecule has 4 rings (SSSR count). The number of aliphatic hydroxyl groups is 2. The lowest BCUT2D eigenvalue weighted by Crippen LogP contribution is -2.36. The molecule has 0 spiro atoms. The molecule has 1 aromatic carbocycles. The van der Waals surface area contributed by atoms with Crippen molar-refractivity contribution in [1.29, 1.82) is 0 Å². The number of nitrogens with zero attached hydrogens (tertiary/aromatic N) is 3. The minimum absolute atomic E-state index is 0.246. The minimum atomic E-state index is -1.31. The Labute approximate surface area is 160 Å². The molecule has 1 saturated heterocycles. The molecule has 2 unspecified atom stereocenters. The van der Waals surface area contributed by atoms with Crippen molar-refractivity contribution in [2.45, 2.75) is 37.4 Å². The molecular weight excluding hydrogens is 372 g/mol. The average molecular weight is 391 g/mol. The Kier molecular flexibility index (Phi) is 4.53. The van der Waals surface area contributed by atoms with Gasteiger partial charge in [0.2, 0.25) is 0 Å². The highest BCUT2D eigenvalue weighted by molar-refractivity contribution is 6.30. The van der Waals surface area contributed by atoms with E-state index in [0.29, 0.717) is 21.6 Å².